The molecule has 1 unspecified atom stereocenters. The van der Waals surface area contributed by atoms with Gasteiger partial charge < -0.3 is 9.84 Å². The summed E-state index contributed by atoms with van der Waals surface area (Å²) in [7, 11) is 0. The highest BCUT2D eigenvalue weighted by Crippen LogP contribution is 2.52. The minimum atomic E-state index is -0.124. The predicted molar refractivity (Wildman–Crippen MR) is 76.0 cm³/mol. The van der Waals surface area contributed by atoms with E-state index >= 15 is 0 Å². The number of phenolic OH excluding ortho intramolecular Hbond substituents is 1. The first-order chi connectivity index (χ1) is 8.99. The molecule has 19 heavy (non-hydrogen) atoms. The van der Waals surface area contributed by atoms with Crippen LogP contribution in [0.5, 0.6) is 5.75 Å². The largest absolute Gasteiger partial charge is 0.508 e. The van der Waals surface area contributed by atoms with Crippen molar-refractivity contribution in [1.82, 2.24) is 0 Å². The minimum absolute atomic E-state index is 0.0241. The molecule has 3 atom stereocenters. The number of benzene rings is 1. The molecule has 1 aromatic rings. The standard InChI is InChI=1S/C17H22O2/c1-11-8-9-12-10-14(11)16(19-17(12,2)3)13-6-4-5-7-15(13)18/h4-8,12,14,16,18H,9-10H2,1-3H3/t12-,14+,16?/m1/s1. The third-order valence-corrected chi connectivity index (χ3v) is 4.87. The lowest BCUT2D eigenvalue weighted by Crippen LogP contribution is -2.45. The van der Waals surface area contributed by atoms with E-state index in [4.69, 9.17) is 4.74 Å². The van der Waals surface area contributed by atoms with E-state index in [1.807, 2.05) is 18.2 Å². The highest BCUT2D eigenvalue weighted by Gasteiger charge is 2.45. The number of hydrogen-bond acceptors (Lipinski definition) is 2. The lowest BCUT2D eigenvalue weighted by atomic mass is 9.68. The molecular weight excluding hydrogens is 236 g/mol. The van der Waals surface area contributed by atoms with Crippen molar-refractivity contribution in [3.8, 4) is 5.75 Å². The Labute approximate surface area is 115 Å². The highest BCUT2D eigenvalue weighted by molar-refractivity contribution is 5.36. The van der Waals surface area contributed by atoms with Gasteiger partial charge in [-0.15, -0.1) is 0 Å². The van der Waals surface area contributed by atoms with Crippen molar-refractivity contribution in [2.24, 2.45) is 11.8 Å². The maximum atomic E-state index is 10.1. The Hall–Kier alpha value is -1.28. The molecule has 2 heteroatoms. The maximum absolute atomic E-state index is 10.1. The third-order valence-electron chi connectivity index (χ3n) is 4.87. The van der Waals surface area contributed by atoms with E-state index in [1.165, 1.54) is 5.57 Å². The molecule has 2 nitrogen and oxygen atoms in total. The molecule has 1 aliphatic heterocycles. The predicted octanol–water partition coefficient (Wildman–Crippen LogP) is 4.21. The molecule has 2 bridgehead atoms. The molecule has 102 valence electrons. The molecule has 2 aliphatic rings. The first-order valence-electron chi connectivity index (χ1n) is 7.11. The van der Waals surface area contributed by atoms with Crippen molar-refractivity contribution in [2.75, 3.05) is 0 Å². The van der Waals surface area contributed by atoms with Crippen LogP contribution in [0.3, 0.4) is 0 Å². The lowest BCUT2D eigenvalue weighted by molar-refractivity contribution is -0.167. The van der Waals surface area contributed by atoms with Gasteiger partial charge in [0.1, 0.15) is 5.75 Å². The normalized spacial score (nSPS) is 32.8. The third kappa shape index (κ3) is 2.08. The first-order valence-corrected chi connectivity index (χ1v) is 7.11. The molecule has 3 rings (SSSR count). The Bertz CT molecular complexity index is 516. The van der Waals surface area contributed by atoms with E-state index in [9.17, 15) is 5.11 Å². The van der Waals surface area contributed by atoms with Crippen molar-refractivity contribution in [1.29, 1.82) is 0 Å². The summed E-state index contributed by atoms with van der Waals surface area (Å²) in [6.07, 6.45) is 4.61. The smallest absolute Gasteiger partial charge is 0.121 e. The van der Waals surface area contributed by atoms with Gasteiger partial charge in [-0.05, 0) is 45.6 Å². The van der Waals surface area contributed by atoms with E-state index in [2.05, 4.69) is 26.8 Å². The highest BCUT2D eigenvalue weighted by atomic mass is 16.5. The monoisotopic (exact) mass is 258 g/mol. The van der Waals surface area contributed by atoms with Gasteiger partial charge in [0.05, 0.1) is 11.7 Å². The molecule has 1 N–H and O–H groups in total. The van der Waals surface area contributed by atoms with Crippen LogP contribution in [0.4, 0.5) is 0 Å². The molecular formula is C17H22O2. The van der Waals surface area contributed by atoms with E-state index in [0.717, 1.165) is 18.4 Å². The summed E-state index contributed by atoms with van der Waals surface area (Å²) in [4.78, 5) is 0. The van der Waals surface area contributed by atoms with E-state index in [1.54, 1.807) is 6.07 Å². The van der Waals surface area contributed by atoms with Crippen LogP contribution in [0.1, 0.15) is 45.3 Å². The van der Waals surface area contributed by atoms with Gasteiger partial charge in [0.25, 0.3) is 0 Å². The molecule has 1 saturated heterocycles. The number of fused-ring (bicyclic) bond motifs is 2. The van der Waals surface area contributed by atoms with Crippen LogP contribution in [0.2, 0.25) is 0 Å². The molecule has 0 radical (unpaired) electrons. The first kappa shape index (κ1) is 12.7. The lowest BCUT2D eigenvalue weighted by Gasteiger charge is -2.49. The molecule has 1 aromatic carbocycles. The fourth-order valence-corrected chi connectivity index (χ4v) is 3.51. The fourth-order valence-electron chi connectivity index (χ4n) is 3.51. The van der Waals surface area contributed by atoms with Gasteiger partial charge in [-0.3, -0.25) is 0 Å². The Kier molecular flexibility index (Phi) is 2.94. The van der Waals surface area contributed by atoms with Gasteiger partial charge in [0, 0.05) is 11.5 Å². The average molecular weight is 258 g/mol. The molecule has 1 aliphatic carbocycles. The van der Waals surface area contributed by atoms with Crippen LogP contribution in [0.15, 0.2) is 35.9 Å². The summed E-state index contributed by atoms with van der Waals surface area (Å²) in [6, 6.07) is 7.57. The van der Waals surface area contributed by atoms with Gasteiger partial charge in [-0.25, -0.2) is 0 Å². The number of rotatable bonds is 1. The molecule has 0 aromatic heterocycles. The van der Waals surface area contributed by atoms with Gasteiger partial charge in [0.15, 0.2) is 0 Å². The number of allylic oxidation sites excluding steroid dienone is 1. The molecule has 1 heterocycles. The molecule has 1 fully saturated rings. The van der Waals surface area contributed by atoms with Crippen molar-refractivity contribution in [3.63, 3.8) is 0 Å². The summed E-state index contributed by atoms with van der Waals surface area (Å²) in [5, 5.41) is 10.1. The van der Waals surface area contributed by atoms with Crippen LogP contribution in [0.25, 0.3) is 0 Å². The number of phenols is 1. The Morgan fingerprint density at radius 2 is 2.00 bits per heavy atom. The minimum Gasteiger partial charge on any atom is -0.508 e. The summed E-state index contributed by atoms with van der Waals surface area (Å²) in [6.45, 7) is 6.54. The van der Waals surface area contributed by atoms with Crippen LogP contribution >= 0.6 is 0 Å². The van der Waals surface area contributed by atoms with Gasteiger partial charge in [0.2, 0.25) is 0 Å². The summed E-state index contributed by atoms with van der Waals surface area (Å²) in [5.74, 6) is 1.34. The summed E-state index contributed by atoms with van der Waals surface area (Å²) < 4.78 is 6.38. The zero-order valence-electron chi connectivity index (χ0n) is 11.9. The van der Waals surface area contributed by atoms with E-state index in [0.29, 0.717) is 17.6 Å². The second-order valence-electron chi connectivity index (χ2n) is 6.42. The number of hydrogen-bond donors (Lipinski definition) is 1. The van der Waals surface area contributed by atoms with Gasteiger partial charge in [-0.2, -0.15) is 0 Å². The van der Waals surface area contributed by atoms with Crippen LogP contribution in [-0.2, 0) is 4.74 Å². The fraction of sp³-hybridized carbons (Fsp3) is 0.529. The topological polar surface area (TPSA) is 29.5 Å². The Morgan fingerprint density at radius 1 is 1.26 bits per heavy atom. The molecule has 0 spiro atoms. The number of para-hydroxylation sites is 1. The van der Waals surface area contributed by atoms with Crippen molar-refractivity contribution in [3.05, 3.63) is 41.5 Å². The van der Waals surface area contributed by atoms with Crippen LogP contribution < -0.4 is 0 Å². The van der Waals surface area contributed by atoms with Crippen molar-refractivity contribution in [2.45, 2.75) is 45.3 Å². The zero-order chi connectivity index (χ0) is 13.6. The van der Waals surface area contributed by atoms with E-state index in [-0.39, 0.29) is 11.7 Å². The van der Waals surface area contributed by atoms with Gasteiger partial charge in [-0.1, -0.05) is 29.8 Å². The van der Waals surface area contributed by atoms with E-state index < -0.39 is 0 Å². The van der Waals surface area contributed by atoms with Crippen molar-refractivity contribution >= 4 is 0 Å². The number of ether oxygens (including phenoxy) is 1. The summed E-state index contributed by atoms with van der Waals surface area (Å²) >= 11 is 0. The Morgan fingerprint density at radius 3 is 2.74 bits per heavy atom. The second-order valence-corrected chi connectivity index (χ2v) is 6.42. The van der Waals surface area contributed by atoms with Crippen LogP contribution in [-0.4, -0.2) is 10.7 Å². The Balaban J connectivity index is 2.03. The number of aromatic hydroxyl groups is 1. The molecule has 0 amide bonds. The van der Waals surface area contributed by atoms with Gasteiger partial charge >= 0.3 is 0 Å². The average Bonchev–Trinajstić information content (AvgIpc) is 2.37. The maximum Gasteiger partial charge on any atom is 0.121 e. The summed E-state index contributed by atoms with van der Waals surface area (Å²) in [5.41, 5.74) is 2.20. The second kappa shape index (κ2) is 4.38. The van der Waals surface area contributed by atoms with Crippen molar-refractivity contribution < 1.29 is 9.84 Å². The van der Waals surface area contributed by atoms with Crippen LogP contribution in [0, 0.1) is 11.8 Å². The quantitative estimate of drug-likeness (QED) is 0.764. The SMILES string of the molecule is CC1=CC[C@@H]2C[C@@H]1C(c1ccccc1O)OC2(C)C. The zero-order valence-corrected chi connectivity index (χ0v) is 11.9. The molecule has 0 saturated carbocycles.